The number of aromatic amines is 1. The number of carbonyl (C=O) groups is 1. The van der Waals surface area contributed by atoms with Crippen molar-refractivity contribution < 1.29 is 9.53 Å². The zero-order chi connectivity index (χ0) is 12.4. The summed E-state index contributed by atoms with van der Waals surface area (Å²) < 4.78 is 4.62. The third-order valence-electron chi connectivity index (χ3n) is 2.95. The van der Waals surface area contributed by atoms with Crippen LogP contribution in [0.2, 0.25) is 0 Å². The van der Waals surface area contributed by atoms with Gasteiger partial charge in [-0.25, -0.2) is 0 Å². The molecule has 0 bridgehead atoms. The van der Waals surface area contributed by atoms with Crippen LogP contribution in [0.1, 0.15) is 11.1 Å². The fourth-order valence-electron chi connectivity index (χ4n) is 2.00. The summed E-state index contributed by atoms with van der Waals surface area (Å²) in [4.78, 5) is 14.5. The number of hydrogen-bond donors (Lipinski definition) is 2. The molecule has 98 valence electrons. The van der Waals surface area contributed by atoms with Crippen molar-refractivity contribution in [2.75, 3.05) is 7.11 Å². The number of H-pyrrole nitrogens is 1. The minimum Gasteiger partial charge on any atom is -0.468 e. The summed E-state index contributed by atoms with van der Waals surface area (Å²) in [7, 11) is 1.35. The van der Waals surface area contributed by atoms with E-state index in [-0.39, 0.29) is 18.4 Å². The number of halogens is 1. The molecule has 3 N–H and O–H groups in total. The third-order valence-corrected chi connectivity index (χ3v) is 2.95. The monoisotopic (exact) mass is 268 g/mol. The normalized spacial score (nSPS) is 11.9. The predicted octanol–water partition coefficient (Wildman–Crippen LogP) is 1.94. The number of nitrogens with one attached hydrogen (secondary N) is 1. The van der Waals surface area contributed by atoms with Crippen molar-refractivity contribution >= 4 is 29.3 Å². The van der Waals surface area contributed by atoms with Crippen molar-refractivity contribution in [3.05, 3.63) is 35.5 Å². The molecule has 0 saturated carbocycles. The van der Waals surface area contributed by atoms with E-state index < -0.39 is 6.04 Å². The van der Waals surface area contributed by atoms with Gasteiger partial charge in [0.1, 0.15) is 6.04 Å². The van der Waals surface area contributed by atoms with Crippen molar-refractivity contribution in [1.82, 2.24) is 4.98 Å². The second kappa shape index (κ2) is 5.89. The van der Waals surface area contributed by atoms with E-state index in [0.717, 1.165) is 16.5 Å². The highest BCUT2D eigenvalue weighted by molar-refractivity contribution is 5.87. The molecule has 1 aromatic carbocycles. The van der Waals surface area contributed by atoms with E-state index in [1.165, 1.54) is 12.7 Å². The number of aromatic nitrogens is 1. The summed E-state index contributed by atoms with van der Waals surface area (Å²) in [6, 6.07) is 5.46. The zero-order valence-electron chi connectivity index (χ0n) is 10.4. The van der Waals surface area contributed by atoms with Gasteiger partial charge in [-0.15, -0.1) is 12.4 Å². The third kappa shape index (κ3) is 2.66. The lowest BCUT2D eigenvalue weighted by molar-refractivity contribution is -0.142. The minimum absolute atomic E-state index is 0. The standard InChI is InChI=1S/C13H16N2O2.ClH/c1-8-4-3-5-10-9(7-15-12(8)10)6-11(14)13(16)17-2;/h3-5,7,11,15H,6,14H2,1-2H3;1H/t11-;/m0./s1. The first-order valence-electron chi connectivity index (χ1n) is 5.52. The van der Waals surface area contributed by atoms with Crippen molar-refractivity contribution in [3.63, 3.8) is 0 Å². The molecule has 0 amide bonds. The number of esters is 1. The second-order valence-corrected chi connectivity index (χ2v) is 4.15. The molecule has 1 heterocycles. The van der Waals surface area contributed by atoms with E-state index in [1.807, 2.05) is 31.3 Å². The zero-order valence-corrected chi connectivity index (χ0v) is 11.2. The van der Waals surface area contributed by atoms with Crippen LogP contribution in [0.3, 0.4) is 0 Å². The Labute approximate surface area is 112 Å². The molecule has 0 saturated heterocycles. The number of fused-ring (bicyclic) bond motifs is 1. The fourth-order valence-corrected chi connectivity index (χ4v) is 2.00. The van der Waals surface area contributed by atoms with Crippen LogP contribution < -0.4 is 5.73 Å². The second-order valence-electron chi connectivity index (χ2n) is 4.15. The van der Waals surface area contributed by atoms with Crippen LogP contribution in [0.5, 0.6) is 0 Å². The lowest BCUT2D eigenvalue weighted by atomic mass is 10.0. The summed E-state index contributed by atoms with van der Waals surface area (Å²) >= 11 is 0. The Morgan fingerprint density at radius 2 is 2.22 bits per heavy atom. The average Bonchev–Trinajstić information content (AvgIpc) is 2.73. The SMILES string of the molecule is COC(=O)[C@@H](N)Cc1c[nH]c2c(C)cccc12.Cl. The Bertz CT molecular complexity index is 551. The van der Waals surface area contributed by atoms with Crippen molar-refractivity contribution in [3.8, 4) is 0 Å². The average molecular weight is 269 g/mol. The summed E-state index contributed by atoms with van der Waals surface area (Å²) in [5.74, 6) is -0.382. The molecule has 0 aliphatic rings. The quantitative estimate of drug-likeness (QED) is 0.836. The summed E-state index contributed by atoms with van der Waals surface area (Å²) in [5.41, 5.74) is 9.08. The number of aryl methyl sites for hydroxylation is 1. The Morgan fingerprint density at radius 3 is 2.89 bits per heavy atom. The molecular formula is C13H17ClN2O2. The molecule has 1 aromatic heterocycles. The predicted molar refractivity (Wildman–Crippen MR) is 74.0 cm³/mol. The molecule has 5 heteroatoms. The van der Waals surface area contributed by atoms with Crippen LogP contribution in [0, 0.1) is 6.92 Å². The van der Waals surface area contributed by atoms with E-state index in [0.29, 0.717) is 6.42 Å². The topological polar surface area (TPSA) is 68.1 Å². The largest absolute Gasteiger partial charge is 0.468 e. The van der Waals surface area contributed by atoms with Gasteiger partial charge in [-0.1, -0.05) is 18.2 Å². The van der Waals surface area contributed by atoms with E-state index in [1.54, 1.807) is 0 Å². The maximum Gasteiger partial charge on any atom is 0.322 e. The summed E-state index contributed by atoms with van der Waals surface area (Å²) in [5, 5.41) is 1.12. The van der Waals surface area contributed by atoms with Gasteiger partial charge in [0.25, 0.3) is 0 Å². The van der Waals surface area contributed by atoms with E-state index in [9.17, 15) is 4.79 Å². The van der Waals surface area contributed by atoms with Gasteiger partial charge in [-0.2, -0.15) is 0 Å². The Balaban J connectivity index is 0.00000162. The van der Waals surface area contributed by atoms with Crippen molar-refractivity contribution in [2.45, 2.75) is 19.4 Å². The van der Waals surface area contributed by atoms with Gasteiger partial charge in [0.05, 0.1) is 7.11 Å². The Morgan fingerprint density at radius 1 is 1.50 bits per heavy atom. The molecule has 0 aliphatic carbocycles. The molecule has 4 nitrogen and oxygen atoms in total. The lowest BCUT2D eigenvalue weighted by Crippen LogP contribution is -2.33. The number of benzene rings is 1. The maximum absolute atomic E-state index is 11.3. The number of methoxy groups -OCH3 is 1. The van der Waals surface area contributed by atoms with Gasteiger partial charge in [0, 0.05) is 23.5 Å². The molecular weight excluding hydrogens is 252 g/mol. The van der Waals surface area contributed by atoms with Crippen LogP contribution in [0.25, 0.3) is 10.9 Å². The van der Waals surface area contributed by atoms with Gasteiger partial charge < -0.3 is 15.5 Å². The smallest absolute Gasteiger partial charge is 0.322 e. The number of ether oxygens (including phenoxy) is 1. The van der Waals surface area contributed by atoms with Crippen LogP contribution in [0.4, 0.5) is 0 Å². The Kier molecular flexibility index (Phi) is 4.76. The first-order valence-corrected chi connectivity index (χ1v) is 5.52. The molecule has 0 fully saturated rings. The minimum atomic E-state index is -0.612. The van der Waals surface area contributed by atoms with E-state index >= 15 is 0 Å². The van der Waals surface area contributed by atoms with Crippen LogP contribution in [-0.4, -0.2) is 24.1 Å². The van der Waals surface area contributed by atoms with Crippen molar-refractivity contribution in [2.24, 2.45) is 5.73 Å². The van der Waals surface area contributed by atoms with Crippen LogP contribution >= 0.6 is 12.4 Å². The molecule has 2 rings (SSSR count). The Hall–Kier alpha value is -1.52. The first kappa shape index (κ1) is 14.5. The highest BCUT2D eigenvalue weighted by Crippen LogP contribution is 2.22. The number of para-hydroxylation sites is 1. The summed E-state index contributed by atoms with van der Waals surface area (Å²) in [6.45, 7) is 2.04. The molecule has 0 spiro atoms. The van der Waals surface area contributed by atoms with E-state index in [2.05, 4.69) is 9.72 Å². The van der Waals surface area contributed by atoms with Gasteiger partial charge in [-0.3, -0.25) is 4.79 Å². The fraction of sp³-hybridized carbons (Fsp3) is 0.308. The summed E-state index contributed by atoms with van der Waals surface area (Å²) in [6.07, 6.45) is 2.39. The number of carbonyl (C=O) groups excluding carboxylic acids is 1. The molecule has 0 unspecified atom stereocenters. The lowest BCUT2D eigenvalue weighted by Gasteiger charge is -2.08. The number of nitrogens with two attached hydrogens (primary N) is 1. The van der Waals surface area contributed by atoms with Gasteiger partial charge in [0.15, 0.2) is 0 Å². The highest BCUT2D eigenvalue weighted by atomic mass is 35.5. The maximum atomic E-state index is 11.3. The first-order chi connectivity index (χ1) is 8.13. The molecule has 1 atom stereocenters. The van der Waals surface area contributed by atoms with E-state index in [4.69, 9.17) is 5.73 Å². The van der Waals surface area contributed by atoms with Crippen molar-refractivity contribution in [1.29, 1.82) is 0 Å². The number of rotatable bonds is 3. The highest BCUT2D eigenvalue weighted by Gasteiger charge is 2.16. The molecule has 18 heavy (non-hydrogen) atoms. The van der Waals surface area contributed by atoms with Gasteiger partial charge >= 0.3 is 5.97 Å². The molecule has 0 radical (unpaired) electrons. The van der Waals surface area contributed by atoms with Crippen LogP contribution in [-0.2, 0) is 16.0 Å². The van der Waals surface area contributed by atoms with Gasteiger partial charge in [-0.05, 0) is 18.1 Å². The van der Waals surface area contributed by atoms with Gasteiger partial charge in [0.2, 0.25) is 0 Å². The molecule has 0 aliphatic heterocycles. The molecule has 2 aromatic rings. The van der Waals surface area contributed by atoms with Crippen LogP contribution in [0.15, 0.2) is 24.4 Å². The number of hydrogen-bond acceptors (Lipinski definition) is 3.